The topological polar surface area (TPSA) is 29.3 Å². The van der Waals surface area contributed by atoms with Crippen molar-refractivity contribution in [3.8, 4) is 0 Å². The third kappa shape index (κ3) is 2.12. The maximum atomic E-state index is 6.04. The van der Waals surface area contributed by atoms with E-state index < -0.39 is 0 Å². The Morgan fingerprint density at radius 2 is 2.12 bits per heavy atom. The van der Waals surface area contributed by atoms with Gasteiger partial charge in [0.25, 0.3) is 0 Å². The van der Waals surface area contributed by atoms with E-state index in [2.05, 4.69) is 18.7 Å². The van der Waals surface area contributed by atoms with Crippen molar-refractivity contribution in [1.82, 2.24) is 0 Å². The van der Waals surface area contributed by atoms with Crippen molar-refractivity contribution in [2.24, 2.45) is 5.92 Å². The zero-order chi connectivity index (χ0) is 11.7. The number of benzene rings is 1. The Balaban J connectivity index is 2.31. The largest absolute Gasteiger partial charge is 0.397 e. The first-order valence-corrected chi connectivity index (χ1v) is 6.29. The third-order valence-electron chi connectivity index (χ3n) is 3.68. The highest BCUT2D eigenvalue weighted by Crippen LogP contribution is 2.33. The van der Waals surface area contributed by atoms with Crippen LogP contribution < -0.4 is 10.6 Å². The molecule has 16 heavy (non-hydrogen) atoms. The molecule has 1 aromatic rings. The second-order valence-corrected chi connectivity index (χ2v) is 5.19. The molecule has 0 spiro atoms. The van der Waals surface area contributed by atoms with E-state index in [1.54, 1.807) is 0 Å². The molecular weight excluding hydrogens is 220 g/mol. The number of piperidine rings is 1. The average molecular weight is 239 g/mol. The number of hydrogen-bond acceptors (Lipinski definition) is 2. The predicted molar refractivity (Wildman–Crippen MR) is 71.1 cm³/mol. The van der Waals surface area contributed by atoms with Crippen molar-refractivity contribution in [3.63, 3.8) is 0 Å². The minimum Gasteiger partial charge on any atom is -0.397 e. The van der Waals surface area contributed by atoms with E-state index in [1.807, 2.05) is 18.2 Å². The number of anilines is 2. The minimum absolute atomic E-state index is 0.537. The van der Waals surface area contributed by atoms with Gasteiger partial charge < -0.3 is 10.6 Å². The van der Waals surface area contributed by atoms with Gasteiger partial charge in [-0.2, -0.15) is 0 Å². The molecule has 1 saturated heterocycles. The number of nitrogens with two attached hydrogens (primary N) is 1. The molecule has 1 aliphatic rings. The molecule has 88 valence electrons. The lowest BCUT2D eigenvalue weighted by Gasteiger charge is -2.40. The molecule has 1 fully saturated rings. The molecule has 0 bridgehead atoms. The lowest BCUT2D eigenvalue weighted by atomic mass is 9.91. The summed E-state index contributed by atoms with van der Waals surface area (Å²) in [4.78, 5) is 2.38. The molecule has 0 amide bonds. The Hall–Kier alpha value is -0.890. The number of halogens is 1. The van der Waals surface area contributed by atoms with Gasteiger partial charge >= 0.3 is 0 Å². The monoisotopic (exact) mass is 238 g/mol. The van der Waals surface area contributed by atoms with Gasteiger partial charge in [-0.05, 0) is 43.9 Å². The molecule has 0 aromatic heterocycles. The van der Waals surface area contributed by atoms with Gasteiger partial charge in [-0.1, -0.05) is 18.5 Å². The van der Waals surface area contributed by atoms with E-state index in [0.29, 0.717) is 12.0 Å². The Morgan fingerprint density at radius 1 is 1.38 bits per heavy atom. The summed E-state index contributed by atoms with van der Waals surface area (Å²) in [5, 5.41) is 0.759. The summed E-state index contributed by atoms with van der Waals surface area (Å²) in [6, 6.07) is 6.25. The van der Waals surface area contributed by atoms with Crippen LogP contribution in [0.4, 0.5) is 11.4 Å². The molecule has 2 rings (SSSR count). The lowest BCUT2D eigenvalue weighted by Crippen LogP contribution is -2.42. The molecule has 2 atom stereocenters. The van der Waals surface area contributed by atoms with Crippen molar-refractivity contribution in [1.29, 1.82) is 0 Å². The van der Waals surface area contributed by atoms with Crippen LogP contribution in [0.1, 0.15) is 26.7 Å². The van der Waals surface area contributed by atoms with Crippen molar-refractivity contribution in [2.45, 2.75) is 32.7 Å². The van der Waals surface area contributed by atoms with Crippen LogP contribution in [0.3, 0.4) is 0 Å². The van der Waals surface area contributed by atoms with Crippen molar-refractivity contribution >= 4 is 23.0 Å². The van der Waals surface area contributed by atoms with Crippen molar-refractivity contribution in [3.05, 3.63) is 23.2 Å². The molecule has 2 nitrogen and oxygen atoms in total. The SMILES string of the molecule is CC1CCCN(c2cc(Cl)ccc2N)C1C. The summed E-state index contributed by atoms with van der Waals surface area (Å²) in [5.74, 6) is 0.715. The Kier molecular flexibility index (Phi) is 3.29. The zero-order valence-electron chi connectivity index (χ0n) is 9.91. The maximum absolute atomic E-state index is 6.04. The second kappa shape index (κ2) is 4.54. The first-order chi connectivity index (χ1) is 7.59. The average Bonchev–Trinajstić information content (AvgIpc) is 2.26. The first kappa shape index (κ1) is 11.6. The van der Waals surface area contributed by atoms with Gasteiger partial charge in [0.05, 0.1) is 11.4 Å². The summed E-state index contributed by atoms with van der Waals surface area (Å²) in [5.41, 5.74) is 7.94. The lowest BCUT2D eigenvalue weighted by molar-refractivity contribution is 0.364. The second-order valence-electron chi connectivity index (χ2n) is 4.76. The predicted octanol–water partition coefficient (Wildman–Crippen LogP) is 3.55. The van der Waals surface area contributed by atoms with Gasteiger partial charge in [0, 0.05) is 17.6 Å². The van der Waals surface area contributed by atoms with E-state index in [4.69, 9.17) is 17.3 Å². The van der Waals surface area contributed by atoms with Crippen LogP contribution in [0, 0.1) is 5.92 Å². The molecule has 1 aromatic carbocycles. The van der Waals surface area contributed by atoms with Gasteiger partial charge in [0.15, 0.2) is 0 Å². The molecule has 1 heterocycles. The highest BCUT2D eigenvalue weighted by atomic mass is 35.5. The molecule has 2 N–H and O–H groups in total. The molecule has 2 unspecified atom stereocenters. The number of rotatable bonds is 1. The van der Waals surface area contributed by atoms with Gasteiger partial charge in [0.1, 0.15) is 0 Å². The van der Waals surface area contributed by atoms with Gasteiger partial charge in [-0.25, -0.2) is 0 Å². The highest BCUT2D eigenvalue weighted by molar-refractivity contribution is 6.31. The smallest absolute Gasteiger partial charge is 0.0617 e. The fourth-order valence-corrected chi connectivity index (χ4v) is 2.61. The third-order valence-corrected chi connectivity index (χ3v) is 3.91. The van der Waals surface area contributed by atoms with Crippen LogP contribution in [-0.4, -0.2) is 12.6 Å². The van der Waals surface area contributed by atoms with E-state index >= 15 is 0 Å². The summed E-state index contributed by atoms with van der Waals surface area (Å²) >= 11 is 6.04. The molecular formula is C13H19ClN2. The fourth-order valence-electron chi connectivity index (χ4n) is 2.44. The Morgan fingerprint density at radius 3 is 2.88 bits per heavy atom. The molecule has 0 saturated carbocycles. The van der Waals surface area contributed by atoms with Crippen LogP contribution in [0.2, 0.25) is 5.02 Å². The molecule has 0 radical (unpaired) electrons. The van der Waals surface area contributed by atoms with Crippen LogP contribution in [-0.2, 0) is 0 Å². The maximum Gasteiger partial charge on any atom is 0.0617 e. The van der Waals surface area contributed by atoms with E-state index in [1.165, 1.54) is 12.8 Å². The number of hydrogen-bond donors (Lipinski definition) is 1. The molecule has 1 aliphatic heterocycles. The normalized spacial score (nSPS) is 25.8. The zero-order valence-corrected chi connectivity index (χ0v) is 10.7. The van der Waals surface area contributed by atoms with E-state index in [9.17, 15) is 0 Å². The first-order valence-electron chi connectivity index (χ1n) is 5.91. The van der Waals surface area contributed by atoms with Crippen LogP contribution in [0.5, 0.6) is 0 Å². The van der Waals surface area contributed by atoms with E-state index in [-0.39, 0.29) is 0 Å². The Labute approximate surface area is 102 Å². The van der Waals surface area contributed by atoms with Crippen LogP contribution in [0.15, 0.2) is 18.2 Å². The quantitative estimate of drug-likeness (QED) is 0.759. The van der Waals surface area contributed by atoms with Crippen molar-refractivity contribution < 1.29 is 0 Å². The Bertz CT molecular complexity index is 378. The minimum atomic E-state index is 0.537. The summed E-state index contributed by atoms with van der Waals surface area (Å²) in [7, 11) is 0. The highest BCUT2D eigenvalue weighted by Gasteiger charge is 2.25. The fraction of sp³-hybridized carbons (Fsp3) is 0.538. The van der Waals surface area contributed by atoms with Gasteiger partial charge in [0.2, 0.25) is 0 Å². The molecule has 3 heteroatoms. The standard InChI is InChI=1S/C13H19ClN2/c1-9-4-3-7-16(10(9)2)13-8-11(14)5-6-12(13)15/h5-6,8-10H,3-4,7,15H2,1-2H3. The van der Waals surface area contributed by atoms with E-state index in [0.717, 1.165) is 22.9 Å². The summed E-state index contributed by atoms with van der Waals surface area (Å²) < 4.78 is 0. The number of nitrogen functional groups attached to an aromatic ring is 1. The van der Waals surface area contributed by atoms with Gasteiger partial charge in [-0.15, -0.1) is 0 Å². The van der Waals surface area contributed by atoms with Crippen LogP contribution in [0.25, 0.3) is 0 Å². The summed E-state index contributed by atoms with van der Waals surface area (Å²) in [6.45, 7) is 5.65. The summed E-state index contributed by atoms with van der Waals surface area (Å²) in [6.07, 6.45) is 2.54. The van der Waals surface area contributed by atoms with Crippen molar-refractivity contribution in [2.75, 3.05) is 17.2 Å². The van der Waals surface area contributed by atoms with Gasteiger partial charge in [-0.3, -0.25) is 0 Å². The van der Waals surface area contributed by atoms with Crippen LogP contribution >= 0.6 is 11.6 Å². The number of nitrogens with zero attached hydrogens (tertiary/aromatic N) is 1. The molecule has 0 aliphatic carbocycles.